The van der Waals surface area contributed by atoms with Crippen LogP contribution in [-0.2, 0) is 12.8 Å². The van der Waals surface area contributed by atoms with E-state index in [0.29, 0.717) is 6.42 Å². The Morgan fingerprint density at radius 2 is 1.28 bits per heavy atom. The van der Waals surface area contributed by atoms with Crippen LogP contribution in [0, 0.1) is 34.1 Å². The Morgan fingerprint density at radius 1 is 0.736 bits per heavy atom. The van der Waals surface area contributed by atoms with Crippen LogP contribution in [0.5, 0.6) is 11.5 Å². The summed E-state index contributed by atoms with van der Waals surface area (Å²) in [6, 6.07) is 9.14. The molecule has 0 atom stereocenters. The zero-order valence-corrected chi connectivity index (χ0v) is 34.1. The van der Waals surface area contributed by atoms with E-state index in [1.54, 1.807) is 0 Å². The molecule has 2 aliphatic rings. The van der Waals surface area contributed by atoms with Gasteiger partial charge in [-0.1, -0.05) is 114 Å². The standard InChI is InChI=1S/C44H58BF4N2O2/c1-14-16-18-27-23-31(19-17-15-2)50-39(27)34(30-21-28(25(3)4)20-29(22-30)26(5)6)40-32(43(7,8)9)24-33(44(10,11)12)51(40)45(50)53-42-38(49)36(47)35(46)37(48)41(42)52-13/h20-26H,14-19H2,1-13H3/q+1. The van der Waals surface area contributed by atoms with Crippen LogP contribution in [0.25, 0.3) is 5.57 Å². The zero-order valence-electron chi connectivity index (χ0n) is 34.1. The number of aryl methyl sites for hydroxylation is 2. The van der Waals surface area contributed by atoms with Crippen molar-refractivity contribution in [3.8, 4) is 11.5 Å². The fourth-order valence-electron chi connectivity index (χ4n) is 7.52. The van der Waals surface area contributed by atoms with Gasteiger partial charge in [-0.3, -0.25) is 4.48 Å². The largest absolute Gasteiger partial charge is 0.876 e. The summed E-state index contributed by atoms with van der Waals surface area (Å²) in [6.45, 7) is 26.0. The van der Waals surface area contributed by atoms with Gasteiger partial charge in [-0.15, -0.1) is 0 Å². The molecule has 3 aromatic rings. The van der Waals surface area contributed by atoms with Gasteiger partial charge < -0.3 is 9.39 Å². The maximum Gasteiger partial charge on any atom is 0.876 e. The SMILES string of the molecule is CCCCc1cc(CCCC)n2c1C(c1cc(C(C)C)cc(C(C)C)c1)=C1C(C(C)(C)C)=CC(C(C)(C)C)=[N+]1B2Oc1c(F)c(F)c(F)c(F)c1OC. The van der Waals surface area contributed by atoms with Crippen molar-refractivity contribution in [1.29, 1.82) is 0 Å². The van der Waals surface area contributed by atoms with Crippen LogP contribution < -0.4 is 9.39 Å². The topological polar surface area (TPSA) is 26.4 Å². The van der Waals surface area contributed by atoms with E-state index in [1.807, 2.05) is 0 Å². The van der Waals surface area contributed by atoms with Crippen LogP contribution in [0.2, 0.25) is 0 Å². The molecular weight excluding hydrogens is 675 g/mol. The first kappa shape index (κ1) is 40.4. The Bertz CT molecular complexity index is 1960. The highest BCUT2D eigenvalue weighted by atomic mass is 19.2. The second-order valence-corrected chi connectivity index (χ2v) is 17.4. The van der Waals surface area contributed by atoms with Gasteiger partial charge >= 0.3 is 7.19 Å². The molecule has 0 saturated heterocycles. The van der Waals surface area contributed by atoms with Gasteiger partial charge in [0.2, 0.25) is 29.0 Å². The quantitative estimate of drug-likeness (QED) is 0.0802. The minimum Gasteiger partial charge on any atom is -0.490 e. The number of halogens is 4. The third-order valence-electron chi connectivity index (χ3n) is 10.5. The summed E-state index contributed by atoms with van der Waals surface area (Å²) in [5.41, 5.74) is 9.72. The smallest absolute Gasteiger partial charge is 0.490 e. The highest BCUT2D eigenvalue weighted by Gasteiger charge is 2.59. The number of benzene rings is 2. The normalized spacial score (nSPS) is 14.8. The van der Waals surface area contributed by atoms with Crippen molar-refractivity contribution in [3.63, 3.8) is 0 Å². The van der Waals surface area contributed by atoms with Gasteiger partial charge in [-0.05, 0) is 71.3 Å². The van der Waals surface area contributed by atoms with Gasteiger partial charge in [0.25, 0.3) is 0 Å². The molecule has 0 N–H and O–H groups in total. The number of fused-ring (bicyclic) bond motifs is 2. The summed E-state index contributed by atoms with van der Waals surface area (Å²) in [5.74, 6) is -8.26. The van der Waals surface area contributed by atoms with E-state index in [0.717, 1.165) is 84.3 Å². The first-order valence-corrected chi connectivity index (χ1v) is 19.4. The Labute approximate surface area is 315 Å². The molecule has 5 rings (SSSR count). The summed E-state index contributed by atoms with van der Waals surface area (Å²) in [6.07, 6.45) is 7.46. The van der Waals surface area contributed by atoms with Gasteiger partial charge in [0.1, 0.15) is 0 Å². The fourth-order valence-corrected chi connectivity index (χ4v) is 7.52. The minimum atomic E-state index is -1.95. The molecule has 0 fully saturated rings. The molecule has 2 aromatic carbocycles. The molecule has 9 heteroatoms. The monoisotopic (exact) mass is 733 g/mol. The molecule has 0 aliphatic carbocycles. The summed E-state index contributed by atoms with van der Waals surface area (Å²) in [5, 5.41) is 0. The van der Waals surface area contributed by atoms with E-state index in [2.05, 4.69) is 122 Å². The summed E-state index contributed by atoms with van der Waals surface area (Å²) in [4.78, 5) is 0. The lowest BCUT2D eigenvalue weighted by Crippen LogP contribution is -2.51. The summed E-state index contributed by atoms with van der Waals surface area (Å²) >= 11 is 0. The summed E-state index contributed by atoms with van der Waals surface area (Å²) in [7, 11) is -0.0272. The van der Waals surface area contributed by atoms with Crippen molar-refractivity contribution in [2.75, 3.05) is 7.11 Å². The van der Waals surface area contributed by atoms with Crippen molar-refractivity contribution in [3.05, 3.63) is 98.5 Å². The lowest BCUT2D eigenvalue weighted by atomic mass is 9.77. The lowest BCUT2D eigenvalue weighted by molar-refractivity contribution is -0.346. The molecule has 4 nitrogen and oxygen atoms in total. The van der Waals surface area contributed by atoms with E-state index in [-0.39, 0.29) is 17.3 Å². The zero-order chi connectivity index (χ0) is 39.3. The Hall–Kier alpha value is -3.75. The third kappa shape index (κ3) is 7.38. The number of hydrogen-bond donors (Lipinski definition) is 0. The maximum atomic E-state index is 16.0. The van der Waals surface area contributed by atoms with Gasteiger partial charge in [-0.25, -0.2) is 13.3 Å². The highest BCUT2D eigenvalue weighted by molar-refractivity contribution is 6.45. The number of methoxy groups -OCH3 is 1. The summed E-state index contributed by atoms with van der Waals surface area (Å²) < 4.78 is 77.1. The van der Waals surface area contributed by atoms with Crippen molar-refractivity contribution >= 4 is 18.5 Å². The van der Waals surface area contributed by atoms with Crippen LogP contribution >= 0.6 is 0 Å². The number of nitrogens with zero attached hydrogens (tertiary/aromatic N) is 2. The van der Waals surface area contributed by atoms with Gasteiger partial charge in [0.15, 0.2) is 17.2 Å². The Balaban J connectivity index is 2.04. The molecule has 53 heavy (non-hydrogen) atoms. The predicted octanol–water partition coefficient (Wildman–Crippen LogP) is 12.2. The maximum absolute atomic E-state index is 16.0. The van der Waals surface area contributed by atoms with E-state index in [1.165, 1.54) is 11.1 Å². The van der Waals surface area contributed by atoms with Crippen LogP contribution in [0.1, 0.15) is 154 Å². The second-order valence-electron chi connectivity index (χ2n) is 17.4. The van der Waals surface area contributed by atoms with Crippen molar-refractivity contribution in [1.82, 2.24) is 4.48 Å². The third-order valence-corrected chi connectivity index (χ3v) is 10.5. The highest BCUT2D eigenvalue weighted by Crippen LogP contribution is 2.49. The molecule has 286 valence electrons. The molecule has 3 heterocycles. The first-order chi connectivity index (χ1) is 24.8. The number of aromatic nitrogens is 1. The Kier molecular flexibility index (Phi) is 11.6. The van der Waals surface area contributed by atoms with Gasteiger partial charge in [0, 0.05) is 22.8 Å². The predicted molar refractivity (Wildman–Crippen MR) is 209 cm³/mol. The van der Waals surface area contributed by atoms with E-state index in [4.69, 9.17) is 9.39 Å². The first-order valence-electron chi connectivity index (χ1n) is 19.4. The fraction of sp³-hybridized carbons (Fsp3) is 0.523. The molecule has 0 saturated carbocycles. The molecule has 2 aliphatic heterocycles. The minimum absolute atomic E-state index is 0.275. The lowest BCUT2D eigenvalue weighted by Gasteiger charge is -2.30. The Morgan fingerprint density at radius 3 is 1.77 bits per heavy atom. The van der Waals surface area contributed by atoms with Crippen LogP contribution in [0.4, 0.5) is 17.6 Å². The van der Waals surface area contributed by atoms with Crippen LogP contribution in [0.3, 0.4) is 0 Å². The van der Waals surface area contributed by atoms with E-state index in [9.17, 15) is 4.39 Å². The molecular formula is C44H58BF4N2O2+. The van der Waals surface area contributed by atoms with Gasteiger partial charge in [0.05, 0.1) is 18.4 Å². The van der Waals surface area contributed by atoms with Gasteiger partial charge in [-0.2, -0.15) is 8.78 Å². The molecule has 1 aromatic heterocycles. The number of ether oxygens (including phenoxy) is 1. The second kappa shape index (κ2) is 15.2. The van der Waals surface area contributed by atoms with E-state index < -0.39 is 47.4 Å². The average Bonchev–Trinajstić information content (AvgIpc) is 3.67. The number of hydrogen-bond acceptors (Lipinski definition) is 2. The number of allylic oxidation sites excluding steroid dienone is 2. The number of unbranched alkanes of at least 4 members (excludes halogenated alkanes) is 2. The van der Waals surface area contributed by atoms with Crippen LogP contribution in [-0.4, -0.2) is 29.0 Å². The molecule has 0 spiro atoms. The average molecular weight is 734 g/mol. The molecule has 0 bridgehead atoms. The van der Waals surface area contributed by atoms with Crippen molar-refractivity contribution in [2.45, 2.75) is 133 Å². The van der Waals surface area contributed by atoms with Crippen molar-refractivity contribution < 1.29 is 31.4 Å². The van der Waals surface area contributed by atoms with Crippen LogP contribution in [0.15, 0.2) is 41.6 Å². The molecule has 0 unspecified atom stereocenters. The molecule has 0 amide bonds. The number of rotatable bonds is 12. The van der Waals surface area contributed by atoms with Crippen molar-refractivity contribution in [2.24, 2.45) is 10.8 Å². The molecule has 0 radical (unpaired) electrons. The van der Waals surface area contributed by atoms with E-state index >= 15 is 13.2 Å².